The number of aromatic nitrogens is 2. The Bertz CT molecular complexity index is 558. The van der Waals surface area contributed by atoms with Crippen LogP contribution in [0.1, 0.15) is 17.4 Å². The molecule has 1 aromatic heterocycles. The number of ether oxygens (including phenoxy) is 1. The monoisotopic (exact) mass is 246 g/mol. The maximum absolute atomic E-state index is 11.6. The lowest BCUT2D eigenvalue weighted by atomic mass is 10.1. The standard InChI is InChI=1S/C13H14N2O3/c1-3-18-13(17)11-8-12(15(2)14-11)9-4-6-10(16)7-5-9/h4-8,16H,3H2,1-2H3. The predicted molar refractivity (Wildman–Crippen MR) is 66.3 cm³/mol. The minimum absolute atomic E-state index is 0.200. The Kier molecular flexibility index (Phi) is 3.32. The molecule has 1 heterocycles. The number of hydrogen-bond donors (Lipinski definition) is 1. The minimum atomic E-state index is -0.432. The molecular weight excluding hydrogens is 232 g/mol. The number of rotatable bonds is 3. The molecule has 18 heavy (non-hydrogen) atoms. The van der Waals surface area contributed by atoms with Crippen molar-refractivity contribution < 1.29 is 14.6 Å². The SMILES string of the molecule is CCOC(=O)c1cc(-c2ccc(O)cc2)n(C)n1. The lowest BCUT2D eigenvalue weighted by Gasteiger charge is -2.01. The number of hydrogen-bond acceptors (Lipinski definition) is 4. The average Bonchev–Trinajstić information content (AvgIpc) is 2.73. The van der Waals surface area contributed by atoms with E-state index in [4.69, 9.17) is 4.74 Å². The third-order valence-corrected chi connectivity index (χ3v) is 2.53. The summed E-state index contributed by atoms with van der Waals surface area (Å²) in [6.45, 7) is 2.08. The van der Waals surface area contributed by atoms with Crippen molar-refractivity contribution in [2.24, 2.45) is 7.05 Å². The lowest BCUT2D eigenvalue weighted by molar-refractivity contribution is 0.0518. The molecule has 94 valence electrons. The molecule has 0 unspecified atom stereocenters. The first-order valence-corrected chi connectivity index (χ1v) is 5.62. The Morgan fingerprint density at radius 1 is 1.39 bits per heavy atom. The zero-order chi connectivity index (χ0) is 13.1. The van der Waals surface area contributed by atoms with Gasteiger partial charge in [0.15, 0.2) is 5.69 Å². The number of phenols is 1. The summed E-state index contributed by atoms with van der Waals surface area (Å²) in [5.74, 6) is -0.232. The first-order valence-electron chi connectivity index (χ1n) is 5.62. The number of carbonyl (C=O) groups is 1. The molecule has 0 saturated heterocycles. The molecule has 5 heteroatoms. The molecular formula is C13H14N2O3. The number of aromatic hydroxyl groups is 1. The smallest absolute Gasteiger partial charge is 0.358 e. The van der Waals surface area contributed by atoms with Crippen molar-refractivity contribution in [3.63, 3.8) is 0 Å². The van der Waals surface area contributed by atoms with E-state index in [0.717, 1.165) is 11.3 Å². The zero-order valence-corrected chi connectivity index (χ0v) is 10.3. The molecule has 0 spiro atoms. The van der Waals surface area contributed by atoms with Crippen LogP contribution in [0, 0.1) is 0 Å². The molecule has 0 radical (unpaired) electrons. The summed E-state index contributed by atoms with van der Waals surface area (Å²) in [7, 11) is 1.75. The largest absolute Gasteiger partial charge is 0.508 e. The van der Waals surface area contributed by atoms with Crippen molar-refractivity contribution in [2.75, 3.05) is 6.61 Å². The molecule has 0 bridgehead atoms. The molecule has 0 aliphatic rings. The number of aryl methyl sites for hydroxylation is 1. The number of nitrogens with zero attached hydrogens (tertiary/aromatic N) is 2. The van der Waals surface area contributed by atoms with Gasteiger partial charge in [0.2, 0.25) is 0 Å². The van der Waals surface area contributed by atoms with Gasteiger partial charge < -0.3 is 9.84 Å². The molecule has 0 atom stereocenters. The van der Waals surface area contributed by atoms with Crippen LogP contribution in [0.2, 0.25) is 0 Å². The highest BCUT2D eigenvalue weighted by atomic mass is 16.5. The molecule has 0 aliphatic carbocycles. The van der Waals surface area contributed by atoms with Crippen LogP contribution < -0.4 is 0 Å². The molecule has 1 aromatic carbocycles. The van der Waals surface area contributed by atoms with Gasteiger partial charge in [-0.1, -0.05) is 0 Å². The van der Waals surface area contributed by atoms with Crippen molar-refractivity contribution >= 4 is 5.97 Å². The van der Waals surface area contributed by atoms with Crippen molar-refractivity contribution in [3.8, 4) is 17.0 Å². The van der Waals surface area contributed by atoms with Crippen molar-refractivity contribution in [1.82, 2.24) is 9.78 Å². The lowest BCUT2D eigenvalue weighted by Crippen LogP contribution is -2.05. The van der Waals surface area contributed by atoms with Crippen LogP contribution in [-0.4, -0.2) is 27.5 Å². The number of benzene rings is 1. The zero-order valence-electron chi connectivity index (χ0n) is 10.3. The third kappa shape index (κ3) is 2.34. The fourth-order valence-corrected chi connectivity index (χ4v) is 1.67. The topological polar surface area (TPSA) is 64.3 Å². The van der Waals surface area contributed by atoms with E-state index in [0.29, 0.717) is 6.61 Å². The maximum atomic E-state index is 11.6. The van der Waals surface area contributed by atoms with Crippen LogP contribution in [0.15, 0.2) is 30.3 Å². The van der Waals surface area contributed by atoms with Crippen LogP contribution in [0.4, 0.5) is 0 Å². The highest BCUT2D eigenvalue weighted by molar-refractivity contribution is 5.88. The number of esters is 1. The molecule has 0 fully saturated rings. The summed E-state index contributed by atoms with van der Waals surface area (Å²) < 4.78 is 6.51. The van der Waals surface area contributed by atoms with E-state index >= 15 is 0 Å². The van der Waals surface area contributed by atoms with Gasteiger partial charge in [0, 0.05) is 12.6 Å². The Hall–Kier alpha value is -2.30. The second-order valence-electron chi connectivity index (χ2n) is 3.81. The van der Waals surface area contributed by atoms with E-state index in [1.54, 1.807) is 49.0 Å². The van der Waals surface area contributed by atoms with Crippen molar-refractivity contribution in [2.45, 2.75) is 6.92 Å². The average molecular weight is 246 g/mol. The normalized spacial score (nSPS) is 10.3. The fourth-order valence-electron chi connectivity index (χ4n) is 1.67. The maximum Gasteiger partial charge on any atom is 0.358 e. The third-order valence-electron chi connectivity index (χ3n) is 2.53. The van der Waals surface area contributed by atoms with Gasteiger partial charge in [0.05, 0.1) is 12.3 Å². The molecule has 0 amide bonds. The van der Waals surface area contributed by atoms with Gasteiger partial charge in [-0.15, -0.1) is 0 Å². The van der Waals surface area contributed by atoms with E-state index in [2.05, 4.69) is 5.10 Å². The van der Waals surface area contributed by atoms with Crippen LogP contribution in [0.3, 0.4) is 0 Å². The van der Waals surface area contributed by atoms with E-state index in [1.165, 1.54) is 0 Å². The van der Waals surface area contributed by atoms with Gasteiger partial charge in [-0.25, -0.2) is 4.79 Å². The van der Waals surface area contributed by atoms with E-state index < -0.39 is 5.97 Å². The van der Waals surface area contributed by atoms with Crippen molar-refractivity contribution in [3.05, 3.63) is 36.0 Å². The first-order chi connectivity index (χ1) is 8.61. The summed E-state index contributed by atoms with van der Waals surface area (Å²) in [5.41, 5.74) is 1.94. The van der Waals surface area contributed by atoms with Gasteiger partial charge in [0.25, 0.3) is 0 Å². The van der Waals surface area contributed by atoms with Gasteiger partial charge >= 0.3 is 5.97 Å². The van der Waals surface area contributed by atoms with Crippen LogP contribution in [0.25, 0.3) is 11.3 Å². The predicted octanol–water partition coefficient (Wildman–Crippen LogP) is 1.97. The minimum Gasteiger partial charge on any atom is -0.508 e. The summed E-state index contributed by atoms with van der Waals surface area (Å²) in [6, 6.07) is 8.38. The highest BCUT2D eigenvalue weighted by Crippen LogP contribution is 2.22. The molecule has 0 saturated carbocycles. The number of phenolic OH excluding ortho intramolecular Hbond substituents is 1. The Morgan fingerprint density at radius 2 is 2.06 bits per heavy atom. The van der Waals surface area contributed by atoms with Gasteiger partial charge in [-0.2, -0.15) is 5.10 Å². The summed E-state index contributed by atoms with van der Waals surface area (Å²) in [4.78, 5) is 11.6. The fraction of sp³-hybridized carbons (Fsp3) is 0.231. The molecule has 2 aromatic rings. The van der Waals surface area contributed by atoms with E-state index in [1.807, 2.05) is 0 Å². The van der Waals surface area contributed by atoms with Gasteiger partial charge in [-0.3, -0.25) is 4.68 Å². The Morgan fingerprint density at radius 3 is 2.67 bits per heavy atom. The Balaban J connectivity index is 2.34. The first kappa shape index (κ1) is 12.2. The summed E-state index contributed by atoms with van der Waals surface area (Å²) in [5, 5.41) is 13.3. The number of carbonyl (C=O) groups excluding carboxylic acids is 1. The van der Waals surface area contributed by atoms with Gasteiger partial charge in [-0.05, 0) is 37.3 Å². The van der Waals surface area contributed by atoms with Crippen LogP contribution in [0.5, 0.6) is 5.75 Å². The van der Waals surface area contributed by atoms with Crippen LogP contribution in [-0.2, 0) is 11.8 Å². The van der Waals surface area contributed by atoms with Crippen LogP contribution >= 0.6 is 0 Å². The molecule has 1 N–H and O–H groups in total. The van der Waals surface area contributed by atoms with Crippen molar-refractivity contribution in [1.29, 1.82) is 0 Å². The molecule has 0 aliphatic heterocycles. The molecule has 5 nitrogen and oxygen atoms in total. The van der Waals surface area contributed by atoms with Gasteiger partial charge in [0.1, 0.15) is 5.75 Å². The summed E-state index contributed by atoms with van der Waals surface area (Å²) >= 11 is 0. The van der Waals surface area contributed by atoms with E-state index in [9.17, 15) is 9.90 Å². The highest BCUT2D eigenvalue weighted by Gasteiger charge is 2.14. The van der Waals surface area contributed by atoms with E-state index in [-0.39, 0.29) is 11.4 Å². The molecule has 2 rings (SSSR count). The Labute approximate surface area is 105 Å². The summed E-state index contributed by atoms with van der Waals surface area (Å²) in [6.07, 6.45) is 0. The quantitative estimate of drug-likeness (QED) is 0.841. The second kappa shape index (κ2) is 4.91. The second-order valence-corrected chi connectivity index (χ2v) is 3.81.